The fourth-order valence-corrected chi connectivity index (χ4v) is 3.33. The van der Waals surface area contributed by atoms with Gasteiger partial charge in [0.05, 0.1) is 0 Å². The minimum Gasteiger partial charge on any atom is -0.399 e. The lowest BCUT2D eigenvalue weighted by Gasteiger charge is -2.35. The van der Waals surface area contributed by atoms with Gasteiger partial charge in [-0.15, -0.1) is 0 Å². The van der Waals surface area contributed by atoms with E-state index in [9.17, 15) is 5.11 Å². The summed E-state index contributed by atoms with van der Waals surface area (Å²) >= 11 is 0. The molecule has 1 heterocycles. The molecule has 0 bridgehead atoms. The van der Waals surface area contributed by atoms with Crippen LogP contribution in [-0.4, -0.2) is 16.7 Å². The highest BCUT2D eigenvalue weighted by Crippen LogP contribution is 2.53. The number of nitrogens with zero attached hydrogens (tertiary/aromatic N) is 1. The van der Waals surface area contributed by atoms with Gasteiger partial charge in [0.1, 0.15) is 0 Å². The third-order valence-electron chi connectivity index (χ3n) is 4.36. The molecule has 3 N–H and O–H groups in total. The zero-order valence-electron chi connectivity index (χ0n) is 11.5. The molecule has 3 rings (SSSR count). The summed E-state index contributed by atoms with van der Waals surface area (Å²) < 4.78 is 0. The topological polar surface area (TPSA) is 59.1 Å². The fourth-order valence-electron chi connectivity index (χ4n) is 3.33. The van der Waals surface area contributed by atoms with E-state index in [-0.39, 0.29) is 12.0 Å². The van der Waals surface area contributed by atoms with Crippen LogP contribution in [-0.2, 0) is 5.41 Å². The lowest BCUT2D eigenvalue weighted by molar-refractivity contribution is 0.241. The summed E-state index contributed by atoms with van der Waals surface area (Å²) in [6.45, 7) is 0.167. The first-order chi connectivity index (χ1) is 9.77. The molecule has 1 aliphatic carbocycles. The molecular formula is C17H20N2O. The van der Waals surface area contributed by atoms with E-state index < -0.39 is 0 Å². The van der Waals surface area contributed by atoms with Gasteiger partial charge in [-0.05, 0) is 54.5 Å². The summed E-state index contributed by atoms with van der Waals surface area (Å²) in [5.74, 6) is 0.570. The first-order valence-corrected chi connectivity index (χ1v) is 7.15. The minimum absolute atomic E-state index is 0.154. The van der Waals surface area contributed by atoms with Crippen LogP contribution in [0.5, 0.6) is 0 Å². The zero-order valence-corrected chi connectivity index (χ0v) is 11.5. The van der Waals surface area contributed by atoms with E-state index in [0.29, 0.717) is 12.3 Å². The van der Waals surface area contributed by atoms with Crippen molar-refractivity contribution < 1.29 is 5.11 Å². The van der Waals surface area contributed by atoms with E-state index in [0.717, 1.165) is 5.69 Å². The number of aliphatic hydroxyl groups excluding tert-OH is 1. The lowest BCUT2D eigenvalue weighted by atomic mass is 9.69. The van der Waals surface area contributed by atoms with Crippen LogP contribution in [0.2, 0.25) is 0 Å². The van der Waals surface area contributed by atoms with Gasteiger partial charge in [-0.25, -0.2) is 0 Å². The first kappa shape index (κ1) is 13.1. The highest BCUT2D eigenvalue weighted by molar-refractivity contribution is 5.48. The van der Waals surface area contributed by atoms with Gasteiger partial charge in [0.25, 0.3) is 0 Å². The van der Waals surface area contributed by atoms with Crippen molar-refractivity contribution in [3.05, 3.63) is 59.9 Å². The van der Waals surface area contributed by atoms with Crippen molar-refractivity contribution in [1.82, 2.24) is 4.98 Å². The van der Waals surface area contributed by atoms with Crippen LogP contribution >= 0.6 is 0 Å². The molecule has 0 aliphatic heterocycles. The van der Waals surface area contributed by atoms with Crippen molar-refractivity contribution in [1.29, 1.82) is 0 Å². The van der Waals surface area contributed by atoms with Crippen molar-refractivity contribution in [2.45, 2.75) is 24.7 Å². The maximum atomic E-state index is 9.62. The third kappa shape index (κ3) is 2.18. The Bertz CT molecular complexity index is 581. The van der Waals surface area contributed by atoms with E-state index in [2.05, 4.69) is 17.1 Å². The van der Waals surface area contributed by atoms with Crippen molar-refractivity contribution in [3.8, 4) is 0 Å². The monoisotopic (exact) mass is 268 g/mol. The van der Waals surface area contributed by atoms with Crippen molar-refractivity contribution in [2.24, 2.45) is 5.92 Å². The molecule has 1 aromatic carbocycles. The molecule has 1 unspecified atom stereocenters. The van der Waals surface area contributed by atoms with Gasteiger partial charge in [0.2, 0.25) is 0 Å². The number of nitrogens with two attached hydrogens (primary N) is 1. The Hall–Kier alpha value is -1.87. The van der Waals surface area contributed by atoms with Crippen LogP contribution in [0, 0.1) is 5.92 Å². The average Bonchev–Trinajstić information content (AvgIpc) is 3.31. The number of nitrogen functional groups attached to an aromatic ring is 1. The van der Waals surface area contributed by atoms with E-state index in [4.69, 9.17) is 5.73 Å². The normalized spacial score (nSPS) is 17.6. The molecule has 1 fully saturated rings. The molecule has 3 heteroatoms. The van der Waals surface area contributed by atoms with Crippen molar-refractivity contribution in [2.75, 3.05) is 12.3 Å². The van der Waals surface area contributed by atoms with E-state index in [1.54, 1.807) is 6.20 Å². The Kier molecular flexibility index (Phi) is 3.45. The molecule has 1 atom stereocenters. The zero-order chi connectivity index (χ0) is 14.0. The number of anilines is 1. The largest absolute Gasteiger partial charge is 0.399 e. The molecule has 1 aromatic heterocycles. The summed E-state index contributed by atoms with van der Waals surface area (Å²) in [6.07, 6.45) is 6.83. The lowest BCUT2D eigenvalue weighted by Crippen LogP contribution is -2.32. The Morgan fingerprint density at radius 1 is 1.20 bits per heavy atom. The number of rotatable bonds is 5. The standard InChI is InChI=1S/C17H20N2O/c18-16-5-1-3-14(11-16)17(8-10-20,13-6-7-13)15-4-2-9-19-12-15/h1-5,9,11-13,20H,6-8,10,18H2. The molecule has 1 aliphatic rings. The fraction of sp³-hybridized carbons (Fsp3) is 0.353. The van der Waals surface area contributed by atoms with Crippen molar-refractivity contribution >= 4 is 5.69 Å². The number of hydrogen-bond donors (Lipinski definition) is 2. The Morgan fingerprint density at radius 3 is 2.60 bits per heavy atom. The third-order valence-corrected chi connectivity index (χ3v) is 4.36. The van der Waals surface area contributed by atoms with E-state index in [1.165, 1.54) is 24.0 Å². The molecule has 0 spiro atoms. The van der Waals surface area contributed by atoms with Crippen LogP contribution in [0.3, 0.4) is 0 Å². The number of aromatic nitrogens is 1. The molecule has 0 saturated heterocycles. The summed E-state index contributed by atoms with van der Waals surface area (Å²) in [5, 5.41) is 9.62. The molecule has 1 saturated carbocycles. The second kappa shape index (κ2) is 5.25. The Labute approximate surface area is 119 Å². The second-order valence-electron chi connectivity index (χ2n) is 5.59. The molecule has 2 aromatic rings. The van der Waals surface area contributed by atoms with Crippen LogP contribution in [0.25, 0.3) is 0 Å². The van der Waals surface area contributed by atoms with Gasteiger partial charge >= 0.3 is 0 Å². The quantitative estimate of drug-likeness (QED) is 0.820. The Balaban J connectivity index is 2.16. The van der Waals surface area contributed by atoms with Gasteiger partial charge in [-0.3, -0.25) is 4.98 Å². The van der Waals surface area contributed by atoms with Gasteiger partial charge in [0.15, 0.2) is 0 Å². The molecule has 20 heavy (non-hydrogen) atoms. The molecule has 0 radical (unpaired) electrons. The SMILES string of the molecule is Nc1cccc(C(CCO)(c2cccnc2)C2CC2)c1. The predicted molar refractivity (Wildman–Crippen MR) is 80.3 cm³/mol. The van der Waals surface area contributed by atoms with Crippen LogP contribution < -0.4 is 5.73 Å². The summed E-state index contributed by atoms with van der Waals surface area (Å²) in [6, 6.07) is 12.2. The summed E-state index contributed by atoms with van der Waals surface area (Å²) in [7, 11) is 0. The van der Waals surface area contributed by atoms with E-state index in [1.807, 2.05) is 30.5 Å². The average molecular weight is 268 g/mol. The maximum Gasteiger partial charge on any atom is 0.0442 e. The number of aliphatic hydroxyl groups is 1. The highest BCUT2D eigenvalue weighted by Gasteiger charge is 2.47. The predicted octanol–water partition coefficient (Wildman–Crippen LogP) is 2.74. The first-order valence-electron chi connectivity index (χ1n) is 7.15. The van der Waals surface area contributed by atoms with Gasteiger partial charge < -0.3 is 10.8 Å². The molecule has 3 nitrogen and oxygen atoms in total. The molecule has 104 valence electrons. The van der Waals surface area contributed by atoms with Gasteiger partial charge in [-0.1, -0.05) is 18.2 Å². The number of hydrogen-bond acceptors (Lipinski definition) is 3. The maximum absolute atomic E-state index is 9.62. The molecular weight excluding hydrogens is 248 g/mol. The van der Waals surface area contributed by atoms with Gasteiger partial charge in [-0.2, -0.15) is 0 Å². The summed E-state index contributed by atoms with van der Waals surface area (Å²) in [4.78, 5) is 4.28. The Morgan fingerprint density at radius 2 is 2.00 bits per heavy atom. The second-order valence-corrected chi connectivity index (χ2v) is 5.59. The van der Waals surface area contributed by atoms with Crippen LogP contribution in [0.4, 0.5) is 5.69 Å². The van der Waals surface area contributed by atoms with Crippen molar-refractivity contribution in [3.63, 3.8) is 0 Å². The smallest absolute Gasteiger partial charge is 0.0442 e. The minimum atomic E-state index is -0.154. The number of pyridine rings is 1. The van der Waals surface area contributed by atoms with Crippen LogP contribution in [0.15, 0.2) is 48.8 Å². The van der Waals surface area contributed by atoms with Gasteiger partial charge in [0, 0.05) is 30.1 Å². The van der Waals surface area contributed by atoms with E-state index >= 15 is 0 Å². The van der Waals surface area contributed by atoms with Crippen LogP contribution in [0.1, 0.15) is 30.4 Å². The number of benzene rings is 1. The molecule has 0 amide bonds. The summed E-state index contributed by atoms with van der Waals surface area (Å²) in [5.41, 5.74) is 8.97. The highest BCUT2D eigenvalue weighted by atomic mass is 16.3.